The van der Waals surface area contributed by atoms with Gasteiger partial charge in [0.1, 0.15) is 4.21 Å². The number of carbonyl (C=O) groups excluding carboxylic acids is 1. The Morgan fingerprint density at radius 3 is 2.47 bits per heavy atom. The van der Waals surface area contributed by atoms with E-state index in [0.717, 1.165) is 37.2 Å². The van der Waals surface area contributed by atoms with E-state index in [4.69, 9.17) is 0 Å². The second-order valence-electron chi connectivity index (χ2n) is 8.12. The fraction of sp³-hybridized carbons (Fsp3) is 0.550. The molecule has 2 aliphatic rings. The average molecular weight is 467 g/mol. The smallest absolute Gasteiger partial charge is 0.252 e. The summed E-state index contributed by atoms with van der Waals surface area (Å²) >= 11 is 2.64. The molecular formula is C20H26N4O3S3. The maximum Gasteiger partial charge on any atom is 0.252 e. The summed E-state index contributed by atoms with van der Waals surface area (Å²) in [6, 6.07) is 5.35. The number of thioether (sulfide) groups is 1. The standard InChI is InChI=1S/C20H26N4O3S3/c1-15-12-16(2)22-19(21-15)29-13-17(25)23-8-5-20(14-23)6-9-24(10-7-20)30(26,27)18-4-3-11-28-18/h3-4,11-12H,5-10,13-14H2,1-2H3. The number of hydrogen-bond acceptors (Lipinski definition) is 7. The number of piperidine rings is 1. The van der Waals surface area contributed by atoms with E-state index in [0.29, 0.717) is 34.8 Å². The van der Waals surface area contributed by atoms with Crippen molar-refractivity contribution < 1.29 is 13.2 Å². The van der Waals surface area contributed by atoms with E-state index in [9.17, 15) is 13.2 Å². The predicted molar refractivity (Wildman–Crippen MR) is 118 cm³/mol. The summed E-state index contributed by atoms with van der Waals surface area (Å²) in [6.07, 6.45) is 2.54. The Hall–Kier alpha value is -1.49. The summed E-state index contributed by atoms with van der Waals surface area (Å²) in [6.45, 7) is 6.35. The zero-order valence-corrected chi connectivity index (χ0v) is 19.7. The van der Waals surface area contributed by atoms with Gasteiger partial charge < -0.3 is 4.90 Å². The van der Waals surface area contributed by atoms with Gasteiger partial charge in [0.2, 0.25) is 5.91 Å². The van der Waals surface area contributed by atoms with E-state index in [1.54, 1.807) is 21.8 Å². The molecule has 0 saturated carbocycles. The van der Waals surface area contributed by atoms with Gasteiger partial charge in [-0.3, -0.25) is 4.79 Å². The summed E-state index contributed by atoms with van der Waals surface area (Å²) in [7, 11) is -3.39. The molecule has 4 rings (SSSR count). The first-order valence-electron chi connectivity index (χ1n) is 10.0. The highest BCUT2D eigenvalue weighted by atomic mass is 32.2. The maximum atomic E-state index is 12.7. The summed E-state index contributed by atoms with van der Waals surface area (Å²) in [5, 5.41) is 2.43. The maximum absolute atomic E-state index is 12.7. The molecule has 0 unspecified atom stereocenters. The van der Waals surface area contributed by atoms with E-state index in [1.807, 2.05) is 24.8 Å². The number of sulfonamides is 1. The van der Waals surface area contributed by atoms with Crippen LogP contribution in [0, 0.1) is 19.3 Å². The molecule has 2 saturated heterocycles. The highest BCUT2D eigenvalue weighted by Gasteiger charge is 2.44. The van der Waals surface area contributed by atoms with Crippen molar-refractivity contribution in [3.63, 3.8) is 0 Å². The van der Waals surface area contributed by atoms with E-state index in [1.165, 1.54) is 23.1 Å². The molecule has 0 radical (unpaired) electrons. The van der Waals surface area contributed by atoms with Crippen molar-refractivity contribution in [2.45, 2.75) is 42.5 Å². The topological polar surface area (TPSA) is 83.5 Å². The summed E-state index contributed by atoms with van der Waals surface area (Å²) in [4.78, 5) is 23.4. The minimum atomic E-state index is -3.39. The second-order valence-corrected chi connectivity index (χ2v) is 12.2. The van der Waals surface area contributed by atoms with E-state index < -0.39 is 10.0 Å². The van der Waals surface area contributed by atoms with E-state index >= 15 is 0 Å². The van der Waals surface area contributed by atoms with Crippen LogP contribution in [0.25, 0.3) is 0 Å². The molecule has 2 aromatic rings. The zero-order chi connectivity index (χ0) is 21.4. The number of amides is 1. The molecule has 0 N–H and O–H groups in total. The van der Waals surface area contributed by atoms with Crippen molar-refractivity contribution in [2.75, 3.05) is 31.9 Å². The van der Waals surface area contributed by atoms with Crippen LogP contribution >= 0.6 is 23.1 Å². The summed E-state index contributed by atoms with van der Waals surface area (Å²) in [5.74, 6) is 0.436. The zero-order valence-electron chi connectivity index (χ0n) is 17.2. The van der Waals surface area contributed by atoms with Crippen LogP contribution in [-0.4, -0.2) is 65.4 Å². The van der Waals surface area contributed by atoms with Crippen LogP contribution in [0.1, 0.15) is 30.7 Å². The Morgan fingerprint density at radius 2 is 1.83 bits per heavy atom. The lowest BCUT2D eigenvalue weighted by Gasteiger charge is -2.38. The van der Waals surface area contributed by atoms with E-state index in [2.05, 4.69) is 9.97 Å². The normalized spacial score (nSPS) is 19.5. The molecule has 7 nitrogen and oxygen atoms in total. The van der Waals surface area contributed by atoms with Crippen molar-refractivity contribution in [3.8, 4) is 0 Å². The summed E-state index contributed by atoms with van der Waals surface area (Å²) in [5.41, 5.74) is 1.85. The molecule has 4 heterocycles. The average Bonchev–Trinajstić information content (AvgIpc) is 3.37. The first-order chi connectivity index (χ1) is 14.3. The van der Waals surface area contributed by atoms with Crippen molar-refractivity contribution in [1.29, 1.82) is 0 Å². The first kappa shape index (κ1) is 21.7. The minimum Gasteiger partial charge on any atom is -0.341 e. The molecule has 30 heavy (non-hydrogen) atoms. The lowest BCUT2D eigenvalue weighted by molar-refractivity contribution is -0.127. The van der Waals surface area contributed by atoms with Crippen LogP contribution in [0.2, 0.25) is 0 Å². The molecule has 162 valence electrons. The van der Waals surface area contributed by atoms with Crippen LogP contribution in [0.15, 0.2) is 32.9 Å². The Balaban J connectivity index is 1.31. The van der Waals surface area contributed by atoms with Crippen LogP contribution in [0.4, 0.5) is 0 Å². The molecule has 2 aromatic heterocycles. The fourth-order valence-electron chi connectivity index (χ4n) is 4.27. The highest BCUT2D eigenvalue weighted by molar-refractivity contribution is 7.99. The SMILES string of the molecule is Cc1cc(C)nc(SCC(=O)N2CCC3(CCN(S(=O)(=O)c4cccs4)CC3)C2)n1. The van der Waals surface area contributed by atoms with Gasteiger partial charge in [0.15, 0.2) is 5.16 Å². The van der Waals surface area contributed by atoms with Crippen molar-refractivity contribution in [1.82, 2.24) is 19.2 Å². The molecule has 0 atom stereocenters. The molecule has 0 aromatic carbocycles. The Labute approximate surface area is 186 Å². The number of carbonyl (C=O) groups is 1. The third-order valence-corrected chi connectivity index (χ3v) is 10.1. The monoisotopic (exact) mass is 466 g/mol. The molecule has 10 heteroatoms. The van der Waals surface area contributed by atoms with Gasteiger partial charge in [-0.15, -0.1) is 11.3 Å². The summed E-state index contributed by atoms with van der Waals surface area (Å²) < 4.78 is 27.5. The molecule has 0 bridgehead atoms. The number of aryl methyl sites for hydroxylation is 2. The van der Waals surface area contributed by atoms with Gasteiger partial charge in [-0.1, -0.05) is 17.8 Å². The van der Waals surface area contributed by atoms with Gasteiger partial charge >= 0.3 is 0 Å². The van der Waals surface area contributed by atoms with Gasteiger partial charge in [-0.2, -0.15) is 4.31 Å². The second kappa shape index (κ2) is 8.57. The van der Waals surface area contributed by atoms with Crippen LogP contribution in [0.3, 0.4) is 0 Å². The van der Waals surface area contributed by atoms with Gasteiger partial charge in [-0.25, -0.2) is 18.4 Å². The Morgan fingerprint density at radius 1 is 1.17 bits per heavy atom. The number of hydrogen-bond donors (Lipinski definition) is 0. The Bertz CT molecular complexity index is 996. The van der Waals surface area contributed by atoms with Gasteiger partial charge in [0.25, 0.3) is 10.0 Å². The molecule has 1 amide bonds. The third kappa shape index (κ3) is 4.56. The third-order valence-electron chi connectivity index (χ3n) is 5.95. The van der Waals surface area contributed by atoms with Gasteiger partial charge in [0.05, 0.1) is 5.75 Å². The van der Waals surface area contributed by atoms with Crippen LogP contribution < -0.4 is 0 Å². The fourth-order valence-corrected chi connectivity index (χ4v) is 7.71. The minimum absolute atomic E-state index is 0.0399. The predicted octanol–water partition coefficient (Wildman–Crippen LogP) is 2.95. The number of aromatic nitrogens is 2. The van der Waals surface area contributed by atoms with E-state index in [-0.39, 0.29) is 11.3 Å². The van der Waals surface area contributed by atoms with Crippen molar-refractivity contribution in [2.24, 2.45) is 5.41 Å². The van der Waals surface area contributed by atoms with Crippen LogP contribution in [0.5, 0.6) is 0 Å². The van der Waals surface area contributed by atoms with Gasteiger partial charge in [0, 0.05) is 37.6 Å². The number of rotatable bonds is 5. The number of nitrogens with zero attached hydrogens (tertiary/aromatic N) is 4. The number of likely N-dealkylation sites (tertiary alicyclic amines) is 1. The lowest BCUT2D eigenvalue weighted by Crippen LogP contribution is -2.44. The molecular weight excluding hydrogens is 440 g/mol. The molecule has 2 fully saturated rings. The van der Waals surface area contributed by atoms with Crippen molar-refractivity contribution >= 4 is 39.0 Å². The Kier molecular flexibility index (Phi) is 6.20. The largest absolute Gasteiger partial charge is 0.341 e. The van der Waals surface area contributed by atoms with Crippen LogP contribution in [-0.2, 0) is 14.8 Å². The number of thiophene rings is 1. The highest BCUT2D eigenvalue weighted by Crippen LogP contribution is 2.41. The van der Waals surface area contributed by atoms with Crippen molar-refractivity contribution in [3.05, 3.63) is 35.0 Å². The quantitative estimate of drug-likeness (QED) is 0.498. The van der Waals surface area contributed by atoms with Gasteiger partial charge in [-0.05, 0) is 56.0 Å². The molecule has 2 aliphatic heterocycles. The first-order valence-corrected chi connectivity index (χ1v) is 13.3. The molecule has 0 aliphatic carbocycles. The molecule has 1 spiro atoms. The lowest BCUT2D eigenvalue weighted by atomic mass is 9.78.